The first kappa shape index (κ1) is 0.562. The Hall–Kier alpha value is 0. The quantitative estimate of drug-likeness (QED) is 0.401. The molecule has 4 heavy (non-hydrogen) atoms. The van der Waals surface area contributed by atoms with Gasteiger partial charge in [-0.3, -0.25) is 0 Å². The van der Waals surface area contributed by atoms with E-state index in [0.29, 0.717) is 0 Å². The molecule has 1 unspecified atom stereocenters. The lowest BCUT2D eigenvalue weighted by Crippen LogP contribution is -1.66. The molecule has 1 atom stereocenters. The van der Waals surface area contributed by atoms with Crippen LogP contribution in [-0.2, 0) is 0 Å². The normalized spacial score (nSPS) is 44.8. The van der Waals surface area contributed by atoms with Crippen LogP contribution >= 0.6 is 0 Å². The zero-order chi connectivity index (χ0) is 7.71. The summed E-state index contributed by atoms with van der Waals surface area (Å²) in [6, 6.07) is 0. The minimum Gasteiger partial charge on any atom is -0.0630 e. The first-order valence-corrected chi connectivity index (χ1v) is 1.10. The Morgan fingerprint density at radius 2 is 3.00 bits per heavy atom. The third kappa shape index (κ3) is 0. The van der Waals surface area contributed by atoms with Gasteiger partial charge in [0.25, 0.3) is 0 Å². The second-order valence-electron chi connectivity index (χ2n) is 0.780. The Morgan fingerprint density at radius 3 is 3.00 bits per heavy atom. The fourth-order valence-corrected chi connectivity index (χ4v) is 0. The van der Waals surface area contributed by atoms with Crippen molar-refractivity contribution in [1.82, 2.24) is 0 Å². The zero-order valence-corrected chi connectivity index (χ0v) is 2.71. The maximum Gasteiger partial charge on any atom is 0.0294 e. The number of hydrogen-bond donors (Lipinski definition) is 0. The molecule has 0 heteroatoms. The molecule has 0 amide bonds. The molecule has 26 valence electrons. The lowest BCUT2D eigenvalue weighted by molar-refractivity contribution is 0.737. The fraction of sp³-hybridized carbons (Fsp3) is 1.00. The van der Waals surface area contributed by atoms with Crippen LogP contribution in [0.15, 0.2) is 0 Å². The molecule has 0 saturated heterocycles. The molecule has 0 aliphatic rings. The summed E-state index contributed by atoms with van der Waals surface area (Å²) in [7, 11) is 0. The number of rotatable bonds is 0. The van der Waals surface area contributed by atoms with E-state index in [0.717, 1.165) is 0 Å². The first-order valence-electron chi connectivity index (χ1n) is 3.81. The molecular formula is C4H10. The van der Waals surface area contributed by atoms with Crippen molar-refractivity contribution in [2.45, 2.75) is 20.7 Å². The Balaban J connectivity index is 4.14. The summed E-state index contributed by atoms with van der Waals surface area (Å²) in [6.07, 6.45) is 0. The smallest absolute Gasteiger partial charge is 0.0294 e. The Morgan fingerprint density at radius 1 is 2.25 bits per heavy atom. The van der Waals surface area contributed by atoms with Crippen molar-refractivity contribution in [1.29, 1.82) is 0 Å². The van der Waals surface area contributed by atoms with Gasteiger partial charge < -0.3 is 0 Å². The minimum absolute atomic E-state index is 0.385. The van der Waals surface area contributed by atoms with Crippen molar-refractivity contribution >= 4 is 0 Å². The maximum absolute atomic E-state index is 7.08. The van der Waals surface area contributed by atoms with Gasteiger partial charge in [-0.1, -0.05) is 20.7 Å². The molecule has 0 radical (unpaired) electrons. The van der Waals surface area contributed by atoms with Gasteiger partial charge in [0, 0.05) is 6.85 Å². The van der Waals surface area contributed by atoms with E-state index in [9.17, 15) is 0 Å². The van der Waals surface area contributed by atoms with Gasteiger partial charge in [-0.25, -0.2) is 0 Å². The predicted octanol–water partition coefficient (Wildman–Crippen LogP) is 1.66. The van der Waals surface area contributed by atoms with E-state index in [4.69, 9.17) is 6.85 Å². The average Bonchev–Trinajstić information content (AvgIpc) is 1.64. The lowest BCUT2D eigenvalue weighted by Gasteiger charge is -1.79. The Kier molecular flexibility index (Phi) is 0.188. The summed E-state index contributed by atoms with van der Waals surface area (Å²) in [6.45, 7) is -1.47. The highest BCUT2D eigenvalue weighted by Gasteiger charge is 1.68. The molecule has 0 saturated carbocycles. The Bertz CT molecular complexity index is 91.6. The molecule has 0 bridgehead atoms. The highest BCUT2D eigenvalue weighted by molar-refractivity contribution is 4.20. The lowest BCUT2D eigenvalue weighted by atomic mass is 10.3. The molecule has 0 aliphatic heterocycles. The van der Waals surface area contributed by atoms with Crippen LogP contribution in [0.25, 0.3) is 0 Å². The third-order valence-corrected chi connectivity index (χ3v) is 0. The van der Waals surface area contributed by atoms with E-state index in [1.54, 1.807) is 0 Å². The topological polar surface area (TPSA) is 0 Å². The molecular weight excluding hydrogens is 48.0 g/mol. The van der Waals surface area contributed by atoms with E-state index in [1.165, 1.54) is 6.92 Å². The van der Waals surface area contributed by atoms with Crippen LogP contribution in [0.3, 0.4) is 0 Å². The van der Waals surface area contributed by atoms with Gasteiger partial charge in [-0.05, 0) is 5.89 Å². The summed E-state index contributed by atoms with van der Waals surface area (Å²) >= 11 is 0. The summed E-state index contributed by atoms with van der Waals surface area (Å²) in [5.74, 6) is -1.60. The number of hydrogen-bond acceptors (Lipinski definition) is 0. The standard InChI is InChI=1S/C4H10/c1-4(2)3/h4H,1-3H3/i1D,2D3,4D. The minimum atomic E-state index is -2.32. The summed E-state index contributed by atoms with van der Waals surface area (Å²) in [5.41, 5.74) is 0. The molecule has 0 heterocycles. The molecule has 0 spiro atoms. The predicted molar refractivity (Wildman–Crippen MR) is 20.5 cm³/mol. The Labute approximate surface area is 34.9 Å². The third-order valence-electron chi connectivity index (χ3n) is 0. The summed E-state index contributed by atoms with van der Waals surface area (Å²) in [4.78, 5) is 0. The summed E-state index contributed by atoms with van der Waals surface area (Å²) in [5, 5.41) is 0. The first-order chi connectivity index (χ1) is 3.81. The van der Waals surface area contributed by atoms with Crippen molar-refractivity contribution in [3.63, 3.8) is 0 Å². The van der Waals surface area contributed by atoms with Gasteiger partial charge in [0.1, 0.15) is 0 Å². The van der Waals surface area contributed by atoms with Crippen LogP contribution in [-0.4, -0.2) is 0 Å². The average molecular weight is 63.2 g/mol. The summed E-state index contributed by atoms with van der Waals surface area (Å²) < 4.78 is 34.1. The van der Waals surface area contributed by atoms with Crippen LogP contribution in [0.2, 0.25) is 0 Å². The van der Waals surface area contributed by atoms with Gasteiger partial charge in [0.15, 0.2) is 0 Å². The van der Waals surface area contributed by atoms with Crippen LogP contribution in [0.5, 0.6) is 0 Å². The van der Waals surface area contributed by atoms with Crippen LogP contribution in [0.1, 0.15) is 27.5 Å². The molecule has 0 N–H and O–H groups in total. The highest BCUT2D eigenvalue weighted by Crippen LogP contribution is 1.81. The molecule has 0 fully saturated rings. The van der Waals surface area contributed by atoms with Gasteiger partial charge in [-0.2, -0.15) is 0 Å². The fourth-order valence-electron chi connectivity index (χ4n) is 0. The van der Waals surface area contributed by atoms with Crippen molar-refractivity contribution in [3.05, 3.63) is 0 Å². The maximum atomic E-state index is 7.08. The van der Waals surface area contributed by atoms with Crippen LogP contribution < -0.4 is 0 Å². The second-order valence-corrected chi connectivity index (χ2v) is 0.780. The van der Waals surface area contributed by atoms with Gasteiger partial charge in [-0.15, -0.1) is 0 Å². The van der Waals surface area contributed by atoms with Crippen molar-refractivity contribution in [2.24, 2.45) is 5.89 Å². The van der Waals surface area contributed by atoms with Crippen molar-refractivity contribution in [2.75, 3.05) is 0 Å². The van der Waals surface area contributed by atoms with Crippen LogP contribution in [0.4, 0.5) is 0 Å². The monoisotopic (exact) mass is 63.1 g/mol. The van der Waals surface area contributed by atoms with E-state index < -0.39 is 12.7 Å². The molecule has 0 aromatic rings. The van der Waals surface area contributed by atoms with E-state index in [-0.39, 0.29) is 6.90 Å². The van der Waals surface area contributed by atoms with Crippen molar-refractivity contribution in [3.8, 4) is 0 Å². The SMILES string of the molecule is [2H]CC([2H])(C)C([2H])([2H])[2H]. The molecule has 0 aromatic carbocycles. The van der Waals surface area contributed by atoms with Gasteiger partial charge >= 0.3 is 0 Å². The molecule has 0 nitrogen and oxygen atoms in total. The van der Waals surface area contributed by atoms with Crippen LogP contribution in [0, 0.1) is 5.89 Å². The highest BCUT2D eigenvalue weighted by atomic mass is 13.7. The molecule has 0 aliphatic carbocycles. The van der Waals surface area contributed by atoms with Gasteiger partial charge in [0.05, 0.1) is 0 Å². The van der Waals surface area contributed by atoms with E-state index in [1.807, 2.05) is 0 Å². The van der Waals surface area contributed by atoms with Gasteiger partial charge in [0.2, 0.25) is 0 Å². The van der Waals surface area contributed by atoms with E-state index >= 15 is 0 Å². The van der Waals surface area contributed by atoms with E-state index in [2.05, 4.69) is 0 Å². The zero-order valence-electron chi connectivity index (χ0n) is 7.71. The molecule has 0 aromatic heterocycles. The second kappa shape index (κ2) is 1.33. The molecule has 0 rings (SSSR count). The van der Waals surface area contributed by atoms with Crippen molar-refractivity contribution < 1.29 is 6.85 Å². The largest absolute Gasteiger partial charge is 0.0630 e.